The summed E-state index contributed by atoms with van der Waals surface area (Å²) < 4.78 is 38.9. The first kappa shape index (κ1) is 21.4. The van der Waals surface area contributed by atoms with Gasteiger partial charge in [-0.3, -0.25) is 0 Å². The SMILES string of the molecule is COOP(=O)(O[SiH2]C(C)OC(C)C)O[SiH2]C(C)OC(C)C. The minimum atomic E-state index is -3.67. The summed E-state index contributed by atoms with van der Waals surface area (Å²) in [7, 11) is -4.87. The van der Waals surface area contributed by atoms with Gasteiger partial charge in [0.05, 0.1) is 30.8 Å². The van der Waals surface area contributed by atoms with E-state index in [1.54, 1.807) is 0 Å². The molecule has 0 aromatic carbocycles. The topological polar surface area (TPSA) is 72.5 Å². The van der Waals surface area contributed by atoms with Crippen molar-refractivity contribution < 1.29 is 32.0 Å². The Bertz CT molecular complexity index is 293. The van der Waals surface area contributed by atoms with E-state index in [-0.39, 0.29) is 23.7 Å². The van der Waals surface area contributed by atoms with Gasteiger partial charge >= 0.3 is 7.82 Å². The van der Waals surface area contributed by atoms with Gasteiger partial charge in [0.1, 0.15) is 0 Å². The lowest BCUT2D eigenvalue weighted by atomic mass is 10.5. The minimum absolute atomic E-state index is 0.0895. The van der Waals surface area contributed by atoms with Crippen molar-refractivity contribution in [3.63, 3.8) is 0 Å². The molecule has 0 aliphatic carbocycles. The number of hydrogen-bond donors (Lipinski definition) is 0. The lowest BCUT2D eigenvalue weighted by molar-refractivity contribution is -0.192. The maximum Gasteiger partial charge on any atom is 0.481 e. The van der Waals surface area contributed by atoms with Crippen LogP contribution in [0, 0.1) is 0 Å². The van der Waals surface area contributed by atoms with E-state index in [2.05, 4.69) is 4.89 Å². The molecule has 0 rings (SSSR count). The lowest BCUT2D eigenvalue weighted by Gasteiger charge is -2.22. The van der Waals surface area contributed by atoms with Crippen molar-refractivity contribution in [2.75, 3.05) is 7.11 Å². The molecule has 0 N–H and O–H groups in total. The van der Waals surface area contributed by atoms with Crippen molar-refractivity contribution in [3.8, 4) is 0 Å². The van der Waals surface area contributed by atoms with Gasteiger partial charge in [0, 0.05) is 0 Å². The van der Waals surface area contributed by atoms with Crippen LogP contribution in [0.2, 0.25) is 0 Å². The standard InChI is InChI=1S/C11H29O7PSi2/c1-8(2)14-10(5)20-17-19(12,16-13-7)18-21-11(6)15-9(3)4/h8-11H,20-21H2,1-7H3. The molecule has 2 unspecified atom stereocenters. The van der Waals surface area contributed by atoms with Crippen LogP contribution in [0.15, 0.2) is 0 Å². The summed E-state index contributed by atoms with van der Waals surface area (Å²) in [4.78, 5) is 4.48. The van der Waals surface area contributed by atoms with E-state index in [0.29, 0.717) is 0 Å². The van der Waals surface area contributed by atoms with Crippen molar-refractivity contribution in [1.29, 1.82) is 0 Å². The molecule has 0 saturated heterocycles. The fourth-order valence-electron chi connectivity index (χ4n) is 1.57. The molecule has 7 nitrogen and oxygen atoms in total. The smallest absolute Gasteiger partial charge is 0.377 e. The molecule has 128 valence electrons. The first-order chi connectivity index (χ1) is 9.68. The Labute approximate surface area is 132 Å². The predicted molar refractivity (Wildman–Crippen MR) is 86.3 cm³/mol. The van der Waals surface area contributed by atoms with Crippen LogP contribution in [0.3, 0.4) is 0 Å². The van der Waals surface area contributed by atoms with E-state index in [1.165, 1.54) is 7.11 Å². The average Bonchev–Trinajstić information content (AvgIpc) is 2.33. The van der Waals surface area contributed by atoms with Crippen LogP contribution in [0.25, 0.3) is 0 Å². The third kappa shape index (κ3) is 11.6. The van der Waals surface area contributed by atoms with Gasteiger partial charge in [-0.25, -0.2) is 9.45 Å². The van der Waals surface area contributed by atoms with E-state index in [9.17, 15) is 4.57 Å². The first-order valence-corrected chi connectivity index (χ1v) is 11.4. The van der Waals surface area contributed by atoms with Crippen LogP contribution < -0.4 is 0 Å². The summed E-state index contributed by atoms with van der Waals surface area (Å²) in [6.07, 6.45) is 0.183. The highest BCUT2D eigenvalue weighted by Crippen LogP contribution is 2.48. The molecule has 0 amide bonds. The summed E-state index contributed by atoms with van der Waals surface area (Å²) >= 11 is 0. The molecule has 0 aliphatic heterocycles. The van der Waals surface area contributed by atoms with Crippen LogP contribution in [-0.4, -0.2) is 50.3 Å². The van der Waals surface area contributed by atoms with E-state index in [0.717, 1.165) is 0 Å². The van der Waals surface area contributed by atoms with E-state index in [4.69, 9.17) is 22.6 Å². The summed E-state index contributed by atoms with van der Waals surface area (Å²) in [6, 6.07) is 0. The summed E-state index contributed by atoms with van der Waals surface area (Å²) in [5.41, 5.74) is -0.179. The molecule has 2 atom stereocenters. The maximum absolute atomic E-state index is 12.4. The second kappa shape index (κ2) is 11.0. The number of phosphoric acid groups is 1. The Morgan fingerprint density at radius 1 is 0.810 bits per heavy atom. The lowest BCUT2D eigenvalue weighted by Crippen LogP contribution is -2.26. The van der Waals surface area contributed by atoms with Gasteiger partial charge < -0.3 is 17.9 Å². The second-order valence-corrected chi connectivity index (χ2v) is 11.3. The monoisotopic (exact) mass is 360 g/mol. The molecule has 0 spiro atoms. The fourth-order valence-corrected chi connectivity index (χ4v) is 7.13. The van der Waals surface area contributed by atoms with Crippen molar-refractivity contribution in [2.24, 2.45) is 0 Å². The van der Waals surface area contributed by atoms with Crippen LogP contribution in [0.4, 0.5) is 0 Å². The van der Waals surface area contributed by atoms with E-state index >= 15 is 0 Å². The molecule has 21 heavy (non-hydrogen) atoms. The molecular formula is C11H29O7PSi2. The molecule has 0 heterocycles. The molecule has 0 radical (unpaired) electrons. The van der Waals surface area contributed by atoms with Gasteiger partial charge in [-0.1, -0.05) is 0 Å². The zero-order valence-corrected chi connectivity index (χ0v) is 17.8. The van der Waals surface area contributed by atoms with Gasteiger partial charge in [-0.2, -0.15) is 0 Å². The second-order valence-electron chi connectivity index (χ2n) is 5.27. The third-order valence-corrected chi connectivity index (χ3v) is 7.49. The largest absolute Gasteiger partial charge is 0.481 e. The van der Waals surface area contributed by atoms with Gasteiger partial charge in [0.15, 0.2) is 0 Å². The summed E-state index contributed by atoms with van der Waals surface area (Å²) in [6.45, 7) is 11.5. The van der Waals surface area contributed by atoms with Gasteiger partial charge in [-0.05, 0) is 41.5 Å². The number of rotatable bonds is 12. The minimum Gasteiger partial charge on any atom is -0.377 e. The van der Waals surface area contributed by atoms with Gasteiger partial charge in [0.2, 0.25) is 19.5 Å². The highest BCUT2D eigenvalue weighted by atomic mass is 31.2. The fraction of sp³-hybridized carbons (Fsp3) is 1.00. The summed E-state index contributed by atoms with van der Waals surface area (Å²) in [5.74, 6) is 0. The molecule has 0 aromatic heterocycles. The van der Waals surface area contributed by atoms with Gasteiger partial charge in [-0.15, -0.1) is 4.67 Å². The maximum atomic E-state index is 12.4. The zero-order valence-electron chi connectivity index (χ0n) is 14.0. The molecular weight excluding hydrogens is 331 g/mol. The average molecular weight is 360 g/mol. The Morgan fingerprint density at radius 2 is 1.19 bits per heavy atom. The third-order valence-electron chi connectivity index (χ3n) is 2.11. The Balaban J connectivity index is 4.31. The highest BCUT2D eigenvalue weighted by molar-refractivity contribution is 7.50. The molecule has 0 bridgehead atoms. The van der Waals surface area contributed by atoms with Crippen molar-refractivity contribution in [1.82, 2.24) is 0 Å². The molecule has 0 fully saturated rings. The Morgan fingerprint density at radius 3 is 1.48 bits per heavy atom. The predicted octanol–water partition coefficient (Wildman–Crippen LogP) is 1.42. The van der Waals surface area contributed by atoms with Crippen molar-refractivity contribution in [2.45, 2.75) is 65.2 Å². The zero-order chi connectivity index (χ0) is 16.5. The van der Waals surface area contributed by atoms with E-state index < -0.39 is 27.3 Å². The Kier molecular flexibility index (Phi) is 11.3. The van der Waals surface area contributed by atoms with Crippen LogP contribution in [-0.2, 0) is 32.0 Å². The molecule has 10 heteroatoms. The van der Waals surface area contributed by atoms with Crippen molar-refractivity contribution in [3.05, 3.63) is 0 Å². The van der Waals surface area contributed by atoms with Crippen LogP contribution in [0.5, 0.6) is 0 Å². The summed E-state index contributed by atoms with van der Waals surface area (Å²) in [5, 5.41) is 0. The number of ether oxygens (including phenoxy) is 2. The number of hydrogen-bond acceptors (Lipinski definition) is 7. The molecule has 0 aromatic rings. The van der Waals surface area contributed by atoms with E-state index in [1.807, 2.05) is 41.5 Å². The molecule has 0 aliphatic rings. The quantitative estimate of drug-likeness (QED) is 0.225. The van der Waals surface area contributed by atoms with Crippen molar-refractivity contribution >= 4 is 27.3 Å². The van der Waals surface area contributed by atoms with Crippen LogP contribution in [0.1, 0.15) is 41.5 Å². The Hall–Kier alpha value is 0.424. The van der Waals surface area contributed by atoms with Crippen LogP contribution >= 0.6 is 7.82 Å². The first-order valence-electron chi connectivity index (χ1n) is 7.11. The van der Waals surface area contributed by atoms with Gasteiger partial charge in [0.25, 0.3) is 0 Å². The normalized spacial score (nSPS) is 19.1. The highest BCUT2D eigenvalue weighted by Gasteiger charge is 2.29. The molecule has 0 saturated carbocycles.